The van der Waals surface area contributed by atoms with Gasteiger partial charge in [-0.3, -0.25) is 0 Å². The minimum atomic E-state index is 0.383. The molecule has 1 rings (SSSR count). The monoisotopic (exact) mass is 124 g/mol. The van der Waals surface area contributed by atoms with Crippen LogP contribution in [-0.2, 0) is 0 Å². The van der Waals surface area contributed by atoms with Gasteiger partial charge >= 0.3 is 0 Å². The molecule has 1 heterocycles. The molecule has 0 aromatic heterocycles. The molecule has 0 aromatic rings. The maximum absolute atomic E-state index is 5.59. The van der Waals surface area contributed by atoms with Crippen LogP contribution in [0.25, 0.3) is 0 Å². The number of nitrogens with one attached hydrogen (secondary N) is 1. The molecule has 1 aliphatic rings. The molecule has 0 fully saturated rings. The van der Waals surface area contributed by atoms with E-state index in [-0.39, 0.29) is 0 Å². The maximum atomic E-state index is 5.59. The van der Waals surface area contributed by atoms with E-state index >= 15 is 0 Å². The van der Waals surface area contributed by atoms with Gasteiger partial charge in [-0.05, 0) is 19.4 Å². The summed E-state index contributed by atoms with van der Waals surface area (Å²) < 4.78 is 0. The fraction of sp³-hybridized carbons (Fsp3) is 0.429. The summed E-state index contributed by atoms with van der Waals surface area (Å²) in [4.78, 5) is 0. The molecule has 0 saturated heterocycles. The van der Waals surface area contributed by atoms with E-state index in [2.05, 4.69) is 18.3 Å². The summed E-state index contributed by atoms with van der Waals surface area (Å²) in [5, 5.41) is 3.10. The SMILES string of the molecule is CC1=C(N)NC(C)C=C1. The summed E-state index contributed by atoms with van der Waals surface area (Å²) in [6, 6.07) is 0.383. The lowest BCUT2D eigenvalue weighted by Gasteiger charge is -2.17. The first-order valence-corrected chi connectivity index (χ1v) is 3.11. The van der Waals surface area contributed by atoms with Gasteiger partial charge in [0.05, 0.1) is 5.82 Å². The van der Waals surface area contributed by atoms with Crippen molar-refractivity contribution in [2.24, 2.45) is 5.73 Å². The van der Waals surface area contributed by atoms with Crippen LogP contribution in [-0.4, -0.2) is 6.04 Å². The van der Waals surface area contributed by atoms with Crippen molar-refractivity contribution >= 4 is 0 Å². The van der Waals surface area contributed by atoms with Gasteiger partial charge in [-0.15, -0.1) is 0 Å². The molecule has 0 bridgehead atoms. The van der Waals surface area contributed by atoms with Crippen LogP contribution >= 0.6 is 0 Å². The fourth-order valence-corrected chi connectivity index (χ4v) is 0.786. The molecule has 1 unspecified atom stereocenters. The third-order valence-corrected chi connectivity index (χ3v) is 1.44. The quantitative estimate of drug-likeness (QED) is 0.499. The Balaban J connectivity index is 2.75. The maximum Gasteiger partial charge on any atom is 0.0994 e. The van der Waals surface area contributed by atoms with Gasteiger partial charge in [-0.25, -0.2) is 0 Å². The molecule has 2 nitrogen and oxygen atoms in total. The molecule has 0 spiro atoms. The van der Waals surface area contributed by atoms with Crippen LogP contribution in [0.5, 0.6) is 0 Å². The van der Waals surface area contributed by atoms with Crippen molar-refractivity contribution in [1.82, 2.24) is 5.32 Å². The number of rotatable bonds is 0. The zero-order chi connectivity index (χ0) is 6.85. The van der Waals surface area contributed by atoms with Crippen molar-refractivity contribution in [3.63, 3.8) is 0 Å². The minimum absolute atomic E-state index is 0.383. The highest BCUT2D eigenvalue weighted by Gasteiger charge is 2.03. The number of allylic oxidation sites excluding steroid dienone is 2. The summed E-state index contributed by atoms with van der Waals surface area (Å²) in [6.07, 6.45) is 4.13. The van der Waals surface area contributed by atoms with E-state index in [1.165, 1.54) is 0 Å². The zero-order valence-corrected chi connectivity index (χ0v) is 5.81. The molecule has 0 aromatic carbocycles. The van der Waals surface area contributed by atoms with Gasteiger partial charge in [-0.2, -0.15) is 0 Å². The molecule has 3 N–H and O–H groups in total. The molecule has 1 aliphatic heterocycles. The molecule has 0 aliphatic carbocycles. The second kappa shape index (κ2) is 2.13. The topological polar surface area (TPSA) is 38.0 Å². The lowest BCUT2D eigenvalue weighted by Crippen LogP contribution is -2.31. The minimum Gasteiger partial charge on any atom is -0.385 e. The largest absolute Gasteiger partial charge is 0.385 e. The van der Waals surface area contributed by atoms with Crippen molar-refractivity contribution in [1.29, 1.82) is 0 Å². The van der Waals surface area contributed by atoms with Gasteiger partial charge in [0, 0.05) is 6.04 Å². The lowest BCUT2D eigenvalue weighted by atomic mass is 10.1. The molecule has 0 saturated carbocycles. The van der Waals surface area contributed by atoms with Crippen molar-refractivity contribution in [2.75, 3.05) is 0 Å². The molecule has 0 radical (unpaired) electrons. The summed E-state index contributed by atoms with van der Waals surface area (Å²) >= 11 is 0. The standard InChI is InChI=1S/C7H12N2/c1-5-3-4-6(2)9-7(5)8/h3-4,6,9H,8H2,1-2H3. The number of hydrogen-bond donors (Lipinski definition) is 2. The number of nitrogens with two attached hydrogens (primary N) is 1. The zero-order valence-electron chi connectivity index (χ0n) is 5.81. The van der Waals surface area contributed by atoms with Crippen LogP contribution in [0.15, 0.2) is 23.5 Å². The van der Waals surface area contributed by atoms with E-state index in [4.69, 9.17) is 5.73 Å². The summed E-state index contributed by atoms with van der Waals surface area (Å²) in [7, 11) is 0. The van der Waals surface area contributed by atoms with Crippen molar-refractivity contribution in [3.05, 3.63) is 23.5 Å². The van der Waals surface area contributed by atoms with Gasteiger partial charge in [0.1, 0.15) is 0 Å². The smallest absolute Gasteiger partial charge is 0.0994 e. The van der Waals surface area contributed by atoms with Crippen molar-refractivity contribution in [2.45, 2.75) is 19.9 Å². The van der Waals surface area contributed by atoms with Crippen LogP contribution < -0.4 is 11.1 Å². The van der Waals surface area contributed by atoms with E-state index < -0.39 is 0 Å². The Morgan fingerprint density at radius 1 is 1.67 bits per heavy atom. The number of hydrogen-bond acceptors (Lipinski definition) is 2. The van der Waals surface area contributed by atoms with Crippen LogP contribution in [0.2, 0.25) is 0 Å². The number of dihydropyridines is 1. The Morgan fingerprint density at radius 3 is 2.78 bits per heavy atom. The fourth-order valence-electron chi connectivity index (χ4n) is 0.786. The molecule has 9 heavy (non-hydrogen) atoms. The highest BCUT2D eigenvalue weighted by atomic mass is 15.0. The Hall–Kier alpha value is -0.920. The molecule has 2 heteroatoms. The van der Waals surface area contributed by atoms with E-state index in [9.17, 15) is 0 Å². The van der Waals surface area contributed by atoms with E-state index in [1.807, 2.05) is 13.0 Å². The van der Waals surface area contributed by atoms with Gasteiger partial charge in [0.2, 0.25) is 0 Å². The van der Waals surface area contributed by atoms with Gasteiger partial charge in [0.15, 0.2) is 0 Å². The third-order valence-electron chi connectivity index (χ3n) is 1.44. The summed E-state index contributed by atoms with van der Waals surface area (Å²) in [5.74, 6) is 0.796. The Kier molecular flexibility index (Phi) is 1.47. The van der Waals surface area contributed by atoms with Gasteiger partial charge in [0.25, 0.3) is 0 Å². The Morgan fingerprint density at radius 2 is 2.33 bits per heavy atom. The van der Waals surface area contributed by atoms with Crippen LogP contribution in [0.3, 0.4) is 0 Å². The first-order valence-electron chi connectivity index (χ1n) is 3.11. The van der Waals surface area contributed by atoms with Crippen LogP contribution in [0, 0.1) is 0 Å². The van der Waals surface area contributed by atoms with E-state index in [1.54, 1.807) is 0 Å². The first-order chi connectivity index (χ1) is 4.20. The molecule has 50 valence electrons. The highest BCUT2D eigenvalue weighted by Crippen LogP contribution is 2.04. The van der Waals surface area contributed by atoms with E-state index in [0.29, 0.717) is 6.04 Å². The Labute approximate surface area is 55.4 Å². The third kappa shape index (κ3) is 1.25. The van der Waals surface area contributed by atoms with Crippen molar-refractivity contribution in [3.8, 4) is 0 Å². The van der Waals surface area contributed by atoms with Crippen LogP contribution in [0.4, 0.5) is 0 Å². The lowest BCUT2D eigenvalue weighted by molar-refractivity contribution is 0.700. The summed E-state index contributed by atoms with van der Waals surface area (Å²) in [5.41, 5.74) is 6.70. The van der Waals surface area contributed by atoms with Gasteiger partial charge < -0.3 is 11.1 Å². The molecule has 1 atom stereocenters. The summed E-state index contributed by atoms with van der Waals surface area (Å²) in [6.45, 7) is 4.06. The van der Waals surface area contributed by atoms with E-state index in [0.717, 1.165) is 11.4 Å². The predicted octanol–water partition coefficient (Wildman–Crippen LogP) is 0.725. The highest BCUT2D eigenvalue weighted by molar-refractivity contribution is 5.26. The first kappa shape index (κ1) is 6.20. The molecule has 0 amide bonds. The van der Waals surface area contributed by atoms with Gasteiger partial charge in [-0.1, -0.05) is 12.2 Å². The molecular weight excluding hydrogens is 112 g/mol. The average molecular weight is 124 g/mol. The second-order valence-electron chi connectivity index (χ2n) is 2.39. The predicted molar refractivity (Wildman–Crippen MR) is 38.6 cm³/mol. The van der Waals surface area contributed by atoms with Crippen molar-refractivity contribution < 1.29 is 0 Å². The normalized spacial score (nSPS) is 26.2. The Bertz CT molecular complexity index is 168. The second-order valence-corrected chi connectivity index (χ2v) is 2.39. The average Bonchev–Trinajstić information content (AvgIpc) is 1.80. The van der Waals surface area contributed by atoms with Crippen LogP contribution in [0.1, 0.15) is 13.8 Å². The molecular formula is C7H12N2.